The molecule has 1 aromatic rings. The minimum atomic E-state index is -4.55. The lowest BCUT2D eigenvalue weighted by Crippen LogP contribution is -2.20. The smallest absolute Gasteiger partial charge is 0.369 e. The van der Waals surface area contributed by atoms with E-state index in [2.05, 4.69) is 10.3 Å². The minimum Gasteiger partial charge on any atom is -0.369 e. The third kappa shape index (κ3) is 4.11. The molecule has 0 spiro atoms. The van der Waals surface area contributed by atoms with Crippen LogP contribution < -0.4 is 11.1 Å². The van der Waals surface area contributed by atoms with E-state index in [9.17, 15) is 18.0 Å². The van der Waals surface area contributed by atoms with Gasteiger partial charge in [0.25, 0.3) is 5.91 Å². The molecule has 1 unspecified atom stereocenters. The summed E-state index contributed by atoms with van der Waals surface area (Å²) in [4.78, 5) is 14.6. The third-order valence-electron chi connectivity index (χ3n) is 2.77. The van der Waals surface area contributed by atoms with E-state index in [4.69, 9.17) is 5.73 Å². The average Bonchev–Trinajstić information content (AvgIpc) is 2.34. The summed E-state index contributed by atoms with van der Waals surface area (Å²) >= 11 is 0. The number of carbonyl (C=O) groups is 1. The molecule has 0 saturated heterocycles. The molecule has 0 aromatic carbocycles. The van der Waals surface area contributed by atoms with Gasteiger partial charge in [-0.05, 0) is 18.1 Å². The van der Waals surface area contributed by atoms with Crippen molar-refractivity contribution in [3.8, 4) is 0 Å². The summed E-state index contributed by atoms with van der Waals surface area (Å²) in [5.74, 6) is -0.687. The first-order valence-electron chi connectivity index (χ1n) is 5.87. The summed E-state index contributed by atoms with van der Waals surface area (Å²) in [5, 5.41) is 2.75. The number of rotatable bonds is 5. The quantitative estimate of drug-likeness (QED) is 0.868. The first kappa shape index (κ1) is 15.3. The van der Waals surface area contributed by atoms with E-state index in [1.54, 1.807) is 0 Å². The lowest BCUT2D eigenvalue weighted by Gasteiger charge is -2.14. The number of amides is 1. The molecule has 1 atom stereocenters. The fourth-order valence-electron chi connectivity index (χ4n) is 1.37. The Hall–Kier alpha value is -1.79. The van der Waals surface area contributed by atoms with E-state index >= 15 is 0 Å². The number of nitrogens with zero attached hydrogens (tertiary/aromatic N) is 1. The average molecular weight is 275 g/mol. The van der Waals surface area contributed by atoms with Crippen LogP contribution in [0.15, 0.2) is 12.1 Å². The molecule has 0 aliphatic rings. The van der Waals surface area contributed by atoms with Gasteiger partial charge in [0.2, 0.25) is 0 Å². The van der Waals surface area contributed by atoms with Crippen LogP contribution in [-0.4, -0.2) is 17.4 Å². The molecule has 0 aliphatic heterocycles. The Balaban J connectivity index is 3.06. The van der Waals surface area contributed by atoms with Crippen molar-refractivity contribution in [2.45, 2.75) is 26.4 Å². The van der Waals surface area contributed by atoms with Crippen molar-refractivity contribution in [2.75, 3.05) is 11.9 Å². The lowest BCUT2D eigenvalue weighted by atomic mass is 10.1. The summed E-state index contributed by atoms with van der Waals surface area (Å²) < 4.78 is 37.7. The zero-order chi connectivity index (χ0) is 14.6. The molecule has 106 valence electrons. The van der Waals surface area contributed by atoms with Gasteiger partial charge >= 0.3 is 6.18 Å². The molecule has 0 bridgehead atoms. The van der Waals surface area contributed by atoms with Crippen LogP contribution >= 0.6 is 0 Å². The maximum absolute atomic E-state index is 12.6. The molecule has 19 heavy (non-hydrogen) atoms. The van der Waals surface area contributed by atoms with E-state index in [0.29, 0.717) is 6.54 Å². The molecule has 0 radical (unpaired) electrons. The van der Waals surface area contributed by atoms with Crippen molar-refractivity contribution >= 4 is 11.7 Å². The Bertz CT molecular complexity index is 460. The molecular weight excluding hydrogens is 259 g/mol. The number of hydrogen-bond acceptors (Lipinski definition) is 3. The third-order valence-corrected chi connectivity index (χ3v) is 2.77. The van der Waals surface area contributed by atoms with Crippen LogP contribution in [-0.2, 0) is 6.18 Å². The topological polar surface area (TPSA) is 68.0 Å². The van der Waals surface area contributed by atoms with Gasteiger partial charge < -0.3 is 11.1 Å². The summed E-state index contributed by atoms with van der Waals surface area (Å²) in [6, 6.07) is 1.78. The molecule has 0 saturated carbocycles. The number of alkyl halides is 3. The molecular formula is C12H16F3N3O. The van der Waals surface area contributed by atoms with Gasteiger partial charge in [0.05, 0.1) is 5.56 Å². The fraction of sp³-hybridized carbons (Fsp3) is 0.500. The van der Waals surface area contributed by atoms with Crippen LogP contribution in [0.3, 0.4) is 0 Å². The second-order valence-electron chi connectivity index (χ2n) is 4.35. The Morgan fingerprint density at radius 3 is 2.58 bits per heavy atom. The highest BCUT2D eigenvalue weighted by Crippen LogP contribution is 2.29. The van der Waals surface area contributed by atoms with Crippen LogP contribution in [0.1, 0.15) is 36.3 Å². The van der Waals surface area contributed by atoms with E-state index in [1.807, 2.05) is 13.8 Å². The number of hydrogen-bond donors (Lipinski definition) is 2. The second-order valence-corrected chi connectivity index (χ2v) is 4.35. The molecule has 7 heteroatoms. The Morgan fingerprint density at radius 1 is 1.47 bits per heavy atom. The monoisotopic (exact) mass is 275 g/mol. The second kappa shape index (κ2) is 5.90. The van der Waals surface area contributed by atoms with Crippen LogP contribution in [0.4, 0.5) is 19.0 Å². The van der Waals surface area contributed by atoms with Crippen molar-refractivity contribution in [1.29, 1.82) is 0 Å². The van der Waals surface area contributed by atoms with Gasteiger partial charge in [-0.2, -0.15) is 13.2 Å². The SMILES string of the molecule is CCC(C)CNc1nc(C(F)(F)F)ccc1C(N)=O. The normalized spacial score (nSPS) is 13.1. The van der Waals surface area contributed by atoms with Gasteiger partial charge in [0, 0.05) is 6.54 Å². The van der Waals surface area contributed by atoms with Crippen LogP contribution in [0, 0.1) is 5.92 Å². The summed E-state index contributed by atoms with van der Waals surface area (Å²) in [6.07, 6.45) is -3.69. The molecule has 1 rings (SSSR count). The number of pyridine rings is 1. The number of aromatic nitrogens is 1. The molecule has 0 aliphatic carbocycles. The number of anilines is 1. The van der Waals surface area contributed by atoms with Crippen LogP contribution in [0.2, 0.25) is 0 Å². The van der Waals surface area contributed by atoms with Crippen molar-refractivity contribution < 1.29 is 18.0 Å². The Labute approximate surface area is 109 Å². The number of nitrogens with one attached hydrogen (secondary N) is 1. The van der Waals surface area contributed by atoms with E-state index in [-0.39, 0.29) is 17.3 Å². The maximum atomic E-state index is 12.6. The van der Waals surface area contributed by atoms with E-state index in [1.165, 1.54) is 0 Å². The number of halogens is 3. The van der Waals surface area contributed by atoms with Gasteiger partial charge in [-0.25, -0.2) is 4.98 Å². The van der Waals surface area contributed by atoms with Crippen molar-refractivity contribution in [3.05, 3.63) is 23.4 Å². The minimum absolute atomic E-state index is 0.0451. The molecule has 0 fully saturated rings. The molecule has 4 nitrogen and oxygen atoms in total. The fourth-order valence-corrected chi connectivity index (χ4v) is 1.37. The van der Waals surface area contributed by atoms with E-state index in [0.717, 1.165) is 18.6 Å². The highest BCUT2D eigenvalue weighted by molar-refractivity contribution is 5.97. The van der Waals surface area contributed by atoms with Gasteiger partial charge in [0.1, 0.15) is 11.5 Å². The van der Waals surface area contributed by atoms with Crippen molar-refractivity contribution in [1.82, 2.24) is 4.98 Å². The molecule has 1 aromatic heterocycles. The standard InChI is InChI=1S/C12H16F3N3O/c1-3-7(2)6-17-11-8(10(16)19)4-5-9(18-11)12(13,14)15/h4-5,7H,3,6H2,1-2H3,(H2,16,19)(H,17,18). The Kier molecular flexibility index (Phi) is 4.74. The highest BCUT2D eigenvalue weighted by Gasteiger charge is 2.33. The van der Waals surface area contributed by atoms with E-state index < -0.39 is 17.8 Å². The van der Waals surface area contributed by atoms with Crippen LogP contribution in [0.25, 0.3) is 0 Å². The highest BCUT2D eigenvalue weighted by atomic mass is 19.4. The number of nitrogens with two attached hydrogens (primary N) is 1. The molecule has 1 amide bonds. The largest absolute Gasteiger partial charge is 0.433 e. The summed E-state index contributed by atoms with van der Waals surface area (Å²) in [7, 11) is 0. The summed E-state index contributed by atoms with van der Waals surface area (Å²) in [6.45, 7) is 4.32. The number of carbonyl (C=O) groups excluding carboxylic acids is 1. The van der Waals surface area contributed by atoms with Gasteiger partial charge in [0.15, 0.2) is 0 Å². The first-order chi connectivity index (χ1) is 8.75. The molecule has 1 heterocycles. The maximum Gasteiger partial charge on any atom is 0.433 e. The number of primary amides is 1. The van der Waals surface area contributed by atoms with Crippen molar-refractivity contribution in [3.63, 3.8) is 0 Å². The van der Waals surface area contributed by atoms with Gasteiger partial charge in [-0.1, -0.05) is 20.3 Å². The Morgan fingerprint density at radius 2 is 2.11 bits per heavy atom. The lowest BCUT2D eigenvalue weighted by molar-refractivity contribution is -0.141. The summed E-state index contributed by atoms with van der Waals surface area (Å²) in [5.41, 5.74) is 4.02. The molecule has 3 N–H and O–H groups in total. The van der Waals surface area contributed by atoms with Crippen molar-refractivity contribution in [2.24, 2.45) is 11.7 Å². The van der Waals surface area contributed by atoms with Gasteiger partial charge in [-0.3, -0.25) is 4.79 Å². The first-order valence-corrected chi connectivity index (χ1v) is 5.87. The predicted octanol–water partition coefficient (Wildman–Crippen LogP) is 2.66. The van der Waals surface area contributed by atoms with Crippen LogP contribution in [0.5, 0.6) is 0 Å². The van der Waals surface area contributed by atoms with Gasteiger partial charge in [-0.15, -0.1) is 0 Å². The predicted molar refractivity (Wildman–Crippen MR) is 65.7 cm³/mol. The zero-order valence-electron chi connectivity index (χ0n) is 10.7. The zero-order valence-corrected chi connectivity index (χ0v) is 10.7.